The summed E-state index contributed by atoms with van der Waals surface area (Å²) in [4.78, 5) is 16.9. The van der Waals surface area contributed by atoms with E-state index in [1.54, 1.807) is 30.5 Å². The minimum atomic E-state index is -3.65. The molecule has 1 N–H and O–H groups in total. The highest BCUT2D eigenvalue weighted by atomic mass is 32.2. The lowest BCUT2D eigenvalue weighted by Gasteiger charge is -2.31. The zero-order valence-corrected chi connectivity index (χ0v) is 17.0. The van der Waals surface area contributed by atoms with Gasteiger partial charge in [0, 0.05) is 36.3 Å². The van der Waals surface area contributed by atoms with Gasteiger partial charge in [-0.05, 0) is 49.6 Å². The normalized spacial score (nSPS) is 16.0. The number of fused-ring (bicyclic) bond motifs is 1. The number of aryl methyl sites for hydroxylation is 1. The molecule has 0 aliphatic carbocycles. The molecule has 1 aromatic heterocycles. The van der Waals surface area contributed by atoms with E-state index in [-0.39, 0.29) is 16.8 Å². The molecular formula is C22H23N3O3S. The van der Waals surface area contributed by atoms with Gasteiger partial charge in [0.1, 0.15) is 4.90 Å². The number of nitrogens with zero attached hydrogens (tertiary/aromatic N) is 2. The highest BCUT2D eigenvalue weighted by molar-refractivity contribution is 7.89. The molecule has 2 aromatic carbocycles. The van der Waals surface area contributed by atoms with Crippen LogP contribution in [0.3, 0.4) is 0 Å². The number of benzene rings is 2. The summed E-state index contributed by atoms with van der Waals surface area (Å²) < 4.78 is 28.0. The highest BCUT2D eigenvalue weighted by Crippen LogP contribution is 2.27. The van der Waals surface area contributed by atoms with Crippen LogP contribution in [0.4, 0.5) is 0 Å². The summed E-state index contributed by atoms with van der Waals surface area (Å²) in [6.07, 6.45) is 2.84. The van der Waals surface area contributed by atoms with Gasteiger partial charge in [-0.1, -0.05) is 30.3 Å². The van der Waals surface area contributed by atoms with Gasteiger partial charge < -0.3 is 5.32 Å². The van der Waals surface area contributed by atoms with E-state index < -0.39 is 10.0 Å². The van der Waals surface area contributed by atoms with E-state index in [1.807, 2.05) is 37.3 Å². The molecule has 1 amide bonds. The molecular weight excluding hydrogens is 386 g/mol. The molecule has 0 unspecified atom stereocenters. The third-order valence-corrected chi connectivity index (χ3v) is 7.18. The van der Waals surface area contributed by atoms with Crippen molar-refractivity contribution in [1.29, 1.82) is 0 Å². The van der Waals surface area contributed by atoms with Crippen LogP contribution in [0.1, 0.15) is 28.8 Å². The van der Waals surface area contributed by atoms with Crippen molar-refractivity contribution in [3.05, 3.63) is 71.9 Å². The van der Waals surface area contributed by atoms with Crippen molar-refractivity contribution >= 4 is 26.8 Å². The number of rotatable bonds is 4. The number of para-hydroxylation sites is 1. The van der Waals surface area contributed by atoms with Gasteiger partial charge >= 0.3 is 0 Å². The third-order valence-electron chi connectivity index (χ3n) is 5.25. The van der Waals surface area contributed by atoms with Crippen LogP contribution >= 0.6 is 0 Å². The number of carbonyl (C=O) groups is 1. The fourth-order valence-electron chi connectivity index (χ4n) is 3.69. The Morgan fingerprint density at radius 3 is 2.52 bits per heavy atom. The smallest absolute Gasteiger partial charge is 0.251 e. The molecule has 4 rings (SSSR count). The van der Waals surface area contributed by atoms with Crippen LogP contribution in [0, 0.1) is 6.92 Å². The van der Waals surface area contributed by atoms with Gasteiger partial charge in [0.15, 0.2) is 0 Å². The summed E-state index contributed by atoms with van der Waals surface area (Å²) in [7, 11) is -3.65. The highest BCUT2D eigenvalue weighted by Gasteiger charge is 2.31. The van der Waals surface area contributed by atoms with Crippen molar-refractivity contribution in [3.8, 4) is 0 Å². The lowest BCUT2D eigenvalue weighted by Crippen LogP contribution is -2.46. The first-order valence-electron chi connectivity index (χ1n) is 9.66. The Balaban J connectivity index is 1.48. The number of nitrogens with one attached hydrogen (secondary N) is 1. The lowest BCUT2D eigenvalue weighted by molar-refractivity contribution is 0.0924. The summed E-state index contributed by atoms with van der Waals surface area (Å²) >= 11 is 0. The minimum Gasteiger partial charge on any atom is -0.349 e. The fourth-order valence-corrected chi connectivity index (χ4v) is 5.32. The van der Waals surface area contributed by atoms with E-state index in [9.17, 15) is 13.2 Å². The van der Waals surface area contributed by atoms with Crippen LogP contribution in [0.2, 0.25) is 0 Å². The number of sulfonamides is 1. The summed E-state index contributed by atoms with van der Waals surface area (Å²) in [6, 6.07) is 16.2. The second-order valence-corrected chi connectivity index (χ2v) is 9.26. The van der Waals surface area contributed by atoms with E-state index in [0.29, 0.717) is 37.0 Å². The first-order chi connectivity index (χ1) is 13.9. The predicted octanol–water partition coefficient (Wildman–Crippen LogP) is 3.13. The molecule has 3 aromatic rings. The number of amides is 1. The second kappa shape index (κ2) is 7.93. The summed E-state index contributed by atoms with van der Waals surface area (Å²) in [5.41, 5.74) is 2.10. The van der Waals surface area contributed by atoms with Gasteiger partial charge in [-0.2, -0.15) is 4.31 Å². The van der Waals surface area contributed by atoms with Crippen LogP contribution in [0.15, 0.2) is 65.7 Å². The van der Waals surface area contributed by atoms with Gasteiger partial charge in [-0.3, -0.25) is 9.78 Å². The van der Waals surface area contributed by atoms with Crippen molar-refractivity contribution in [2.75, 3.05) is 13.1 Å². The number of hydrogen-bond donors (Lipinski definition) is 1. The van der Waals surface area contributed by atoms with Gasteiger partial charge in [-0.25, -0.2) is 8.42 Å². The zero-order chi connectivity index (χ0) is 20.4. The van der Waals surface area contributed by atoms with Gasteiger partial charge in [0.25, 0.3) is 5.91 Å². The van der Waals surface area contributed by atoms with E-state index in [1.165, 1.54) is 4.31 Å². The summed E-state index contributed by atoms with van der Waals surface area (Å²) in [6.45, 7) is 2.66. The van der Waals surface area contributed by atoms with Crippen LogP contribution in [-0.2, 0) is 10.0 Å². The van der Waals surface area contributed by atoms with Gasteiger partial charge in [0.05, 0.1) is 5.52 Å². The molecule has 1 fully saturated rings. The van der Waals surface area contributed by atoms with Crippen LogP contribution in [0.5, 0.6) is 0 Å². The Morgan fingerprint density at radius 2 is 1.79 bits per heavy atom. The average molecular weight is 410 g/mol. The SMILES string of the molecule is Cc1cnc2c(S(=O)(=O)N3CCC(NC(=O)c4ccccc4)CC3)cccc2c1. The van der Waals surface area contributed by atoms with E-state index >= 15 is 0 Å². The Bertz CT molecular complexity index is 1140. The third kappa shape index (κ3) is 4.02. The molecule has 0 bridgehead atoms. The molecule has 2 heterocycles. The predicted molar refractivity (Wildman–Crippen MR) is 112 cm³/mol. The largest absolute Gasteiger partial charge is 0.349 e. The quantitative estimate of drug-likeness (QED) is 0.718. The minimum absolute atomic E-state index is 0.0394. The fraction of sp³-hybridized carbons (Fsp3) is 0.273. The Morgan fingerprint density at radius 1 is 1.07 bits per heavy atom. The molecule has 1 aliphatic rings. The number of aromatic nitrogens is 1. The first kappa shape index (κ1) is 19.5. The number of piperidine rings is 1. The molecule has 1 aliphatic heterocycles. The van der Waals surface area contributed by atoms with Crippen molar-refractivity contribution < 1.29 is 13.2 Å². The van der Waals surface area contributed by atoms with E-state index in [0.717, 1.165) is 10.9 Å². The van der Waals surface area contributed by atoms with Crippen molar-refractivity contribution in [2.45, 2.75) is 30.7 Å². The van der Waals surface area contributed by atoms with Crippen molar-refractivity contribution in [2.24, 2.45) is 0 Å². The molecule has 7 heteroatoms. The summed E-state index contributed by atoms with van der Waals surface area (Å²) in [5.74, 6) is -0.125. The molecule has 150 valence electrons. The zero-order valence-electron chi connectivity index (χ0n) is 16.2. The maximum Gasteiger partial charge on any atom is 0.251 e. The maximum absolute atomic E-state index is 13.2. The molecule has 0 saturated carbocycles. The Hall–Kier alpha value is -2.77. The van der Waals surface area contributed by atoms with E-state index in [2.05, 4.69) is 10.3 Å². The van der Waals surface area contributed by atoms with Gasteiger partial charge in [0.2, 0.25) is 10.0 Å². The molecule has 0 radical (unpaired) electrons. The standard InChI is InChI=1S/C22H23N3O3S/c1-16-14-18-8-5-9-20(21(18)23-15-16)29(27,28)25-12-10-19(11-13-25)24-22(26)17-6-3-2-4-7-17/h2-9,14-15,19H,10-13H2,1H3,(H,24,26). The van der Waals surface area contributed by atoms with Crippen molar-refractivity contribution in [1.82, 2.24) is 14.6 Å². The number of carbonyl (C=O) groups excluding carboxylic acids is 1. The van der Waals surface area contributed by atoms with E-state index in [4.69, 9.17) is 0 Å². The van der Waals surface area contributed by atoms with Crippen molar-refractivity contribution in [3.63, 3.8) is 0 Å². The molecule has 0 spiro atoms. The molecule has 29 heavy (non-hydrogen) atoms. The maximum atomic E-state index is 13.2. The van der Waals surface area contributed by atoms with Gasteiger partial charge in [-0.15, -0.1) is 0 Å². The second-order valence-electron chi connectivity index (χ2n) is 7.36. The van der Waals surface area contributed by atoms with Crippen LogP contribution in [-0.4, -0.2) is 42.7 Å². The molecule has 1 saturated heterocycles. The Labute approximate surface area is 170 Å². The lowest BCUT2D eigenvalue weighted by atomic mass is 10.1. The topological polar surface area (TPSA) is 79.4 Å². The molecule has 6 nitrogen and oxygen atoms in total. The van der Waals surface area contributed by atoms with Crippen LogP contribution in [0.25, 0.3) is 10.9 Å². The Kier molecular flexibility index (Phi) is 5.34. The average Bonchev–Trinajstić information content (AvgIpc) is 2.74. The number of hydrogen-bond acceptors (Lipinski definition) is 4. The van der Waals surface area contributed by atoms with Crippen LogP contribution < -0.4 is 5.32 Å². The number of pyridine rings is 1. The summed E-state index contributed by atoms with van der Waals surface area (Å²) in [5, 5.41) is 3.83. The first-order valence-corrected chi connectivity index (χ1v) is 11.1. The monoisotopic (exact) mass is 409 g/mol. The molecule has 0 atom stereocenters.